The summed E-state index contributed by atoms with van der Waals surface area (Å²) in [6, 6.07) is 6.23. The number of aromatic nitrogens is 3. The maximum Gasteiger partial charge on any atom is 0.586 e. The average Bonchev–Trinajstić information content (AvgIpc) is 3.43. The molecule has 1 aromatic carbocycles. The molecule has 3 fully saturated rings. The van der Waals surface area contributed by atoms with Crippen molar-refractivity contribution in [3.05, 3.63) is 59.0 Å². The zero-order valence-electron chi connectivity index (χ0n) is 23.1. The highest BCUT2D eigenvalue weighted by Crippen LogP contribution is 2.73. The molecule has 1 aliphatic heterocycles. The van der Waals surface area contributed by atoms with Crippen LogP contribution < -0.4 is 19.5 Å². The van der Waals surface area contributed by atoms with Crippen LogP contribution in [-0.2, 0) is 22.2 Å². The average molecular weight is 621 g/mol. The van der Waals surface area contributed by atoms with E-state index in [1.165, 1.54) is 36.5 Å². The number of hydrogen-bond acceptors (Lipinski definition) is 7. The molecule has 44 heavy (non-hydrogen) atoms. The number of carboxylic acid groups (broad SMARTS) is 1. The highest BCUT2D eigenvalue weighted by Gasteiger charge is 2.75. The highest BCUT2D eigenvalue weighted by atomic mass is 19.4. The third kappa shape index (κ3) is 4.42. The number of pyridine rings is 1. The van der Waals surface area contributed by atoms with Crippen LogP contribution >= 0.6 is 0 Å². The number of fused-ring (bicyclic) bond motifs is 2. The van der Waals surface area contributed by atoms with Gasteiger partial charge in [0.2, 0.25) is 11.8 Å². The highest BCUT2D eigenvalue weighted by molar-refractivity contribution is 5.93. The number of carbonyl (C=O) groups excluding carboxylic acids is 1. The molecule has 2 aromatic heterocycles. The molecular formula is C29H25F5N4O6. The molecule has 2 bridgehead atoms. The quantitative estimate of drug-likeness (QED) is 0.332. The van der Waals surface area contributed by atoms with Crippen molar-refractivity contribution in [2.45, 2.75) is 70.1 Å². The normalized spacial score (nSPS) is 26.5. The van der Waals surface area contributed by atoms with Gasteiger partial charge in [-0.25, -0.2) is 9.67 Å². The van der Waals surface area contributed by atoms with Crippen molar-refractivity contribution < 1.29 is 50.9 Å². The summed E-state index contributed by atoms with van der Waals surface area (Å²) in [5.41, 5.74) is -1.91. The molecule has 4 aliphatic carbocycles. The Morgan fingerprint density at radius 3 is 2.55 bits per heavy atom. The lowest BCUT2D eigenvalue weighted by Gasteiger charge is -2.66. The van der Waals surface area contributed by atoms with E-state index in [4.69, 9.17) is 4.74 Å². The number of nitrogens with zero attached hydrogens (tertiary/aromatic N) is 3. The second-order valence-corrected chi connectivity index (χ2v) is 11.9. The number of rotatable bonds is 7. The number of nitrogens with one attached hydrogen (secondary N) is 1. The number of benzene rings is 1. The zero-order valence-corrected chi connectivity index (χ0v) is 23.1. The molecule has 15 heteroatoms. The fourth-order valence-corrected chi connectivity index (χ4v) is 6.88. The van der Waals surface area contributed by atoms with E-state index >= 15 is 0 Å². The molecule has 2 N–H and O–H groups in total. The lowest BCUT2D eigenvalue weighted by Crippen LogP contribution is -2.70. The third-order valence-corrected chi connectivity index (χ3v) is 8.97. The number of alkyl halides is 5. The lowest BCUT2D eigenvalue weighted by atomic mass is 9.35. The van der Waals surface area contributed by atoms with Gasteiger partial charge in [0.15, 0.2) is 17.2 Å². The Morgan fingerprint density at radius 1 is 1.11 bits per heavy atom. The number of amides is 1. The summed E-state index contributed by atoms with van der Waals surface area (Å²) < 4.78 is 85.2. The Morgan fingerprint density at radius 2 is 1.84 bits per heavy atom. The minimum Gasteiger partial charge on any atom is -0.481 e. The van der Waals surface area contributed by atoms with E-state index in [1.807, 2.05) is 0 Å². The molecule has 0 radical (unpaired) electrons. The number of aliphatic carboxylic acids is 1. The van der Waals surface area contributed by atoms with E-state index in [0.29, 0.717) is 18.4 Å². The Labute approximate surface area is 246 Å². The molecule has 5 aliphatic rings. The van der Waals surface area contributed by atoms with Crippen LogP contribution in [0.2, 0.25) is 0 Å². The fraction of sp³-hybridized carbons (Fsp3) is 0.448. The van der Waals surface area contributed by atoms with Crippen molar-refractivity contribution in [2.24, 2.45) is 10.8 Å². The topological polar surface area (TPSA) is 125 Å². The Balaban J connectivity index is 1.17. The summed E-state index contributed by atoms with van der Waals surface area (Å²) in [6.07, 6.45) is -6.42. The standard InChI is InChI=1S/C29H25F5N4O6/c1-14(15-5-6-19-20(9-15)44-29(33,34)43-19)42-21-10-16(7-8-35-21)38-22-17(23(37-38)28(30,31)32)3-2-4-18(22)36-24(39)26-11-27(12-26,13-26)25(40)41/h5-10,14,18H,2-4,11-13H2,1H3,(H,36,39)(H,40,41)/t14-,18+,26?,27?/m0/s1. The van der Waals surface area contributed by atoms with E-state index in [9.17, 15) is 36.6 Å². The minimum absolute atomic E-state index is 0.0153. The van der Waals surface area contributed by atoms with Gasteiger partial charge in [-0.05, 0) is 69.2 Å². The van der Waals surface area contributed by atoms with E-state index in [2.05, 4.69) is 24.9 Å². The maximum absolute atomic E-state index is 14.1. The predicted octanol–water partition coefficient (Wildman–Crippen LogP) is 5.50. The molecule has 3 aromatic rings. The van der Waals surface area contributed by atoms with Gasteiger partial charge in [-0.1, -0.05) is 6.07 Å². The first kappa shape index (κ1) is 28.3. The van der Waals surface area contributed by atoms with Crippen molar-refractivity contribution in [3.63, 3.8) is 0 Å². The van der Waals surface area contributed by atoms with Crippen molar-refractivity contribution >= 4 is 11.9 Å². The van der Waals surface area contributed by atoms with Gasteiger partial charge in [-0.3, -0.25) is 9.59 Å². The Hall–Kier alpha value is -4.43. The predicted molar refractivity (Wildman–Crippen MR) is 138 cm³/mol. The van der Waals surface area contributed by atoms with Gasteiger partial charge < -0.3 is 24.6 Å². The van der Waals surface area contributed by atoms with Crippen molar-refractivity contribution in [1.29, 1.82) is 0 Å². The van der Waals surface area contributed by atoms with Crippen LogP contribution in [0.5, 0.6) is 17.4 Å². The SMILES string of the molecule is C[C@H](Oc1cc(-n2nc(C(F)(F)F)c3c2[C@H](NC(=O)C24CC(C(=O)O)(C2)C4)CCC3)ccn1)c1ccc2c(c1)OC(F)(F)O2. The van der Waals surface area contributed by atoms with Gasteiger partial charge in [0.05, 0.1) is 28.3 Å². The van der Waals surface area contributed by atoms with Crippen LogP contribution in [0.1, 0.15) is 73.7 Å². The summed E-state index contributed by atoms with van der Waals surface area (Å²) in [5.74, 6) is -1.58. The number of hydrogen-bond donors (Lipinski definition) is 2. The summed E-state index contributed by atoms with van der Waals surface area (Å²) in [4.78, 5) is 28.9. The van der Waals surface area contributed by atoms with Crippen molar-refractivity contribution in [2.75, 3.05) is 0 Å². The van der Waals surface area contributed by atoms with E-state index in [0.717, 1.165) is 4.68 Å². The largest absolute Gasteiger partial charge is 0.586 e. The lowest BCUT2D eigenvalue weighted by molar-refractivity contribution is -0.286. The summed E-state index contributed by atoms with van der Waals surface area (Å²) in [6.45, 7) is 1.63. The smallest absolute Gasteiger partial charge is 0.481 e. The molecule has 3 heterocycles. The van der Waals surface area contributed by atoms with Gasteiger partial charge in [0, 0.05) is 17.8 Å². The van der Waals surface area contributed by atoms with Gasteiger partial charge in [0.1, 0.15) is 6.10 Å². The van der Waals surface area contributed by atoms with Gasteiger partial charge in [0.25, 0.3) is 0 Å². The van der Waals surface area contributed by atoms with Crippen LogP contribution in [0.3, 0.4) is 0 Å². The van der Waals surface area contributed by atoms with E-state index in [-0.39, 0.29) is 65.9 Å². The van der Waals surface area contributed by atoms with Crippen LogP contribution in [0.25, 0.3) is 5.69 Å². The number of carbonyl (C=O) groups is 2. The second-order valence-electron chi connectivity index (χ2n) is 11.9. The van der Waals surface area contributed by atoms with Gasteiger partial charge >= 0.3 is 18.4 Å². The summed E-state index contributed by atoms with van der Waals surface area (Å²) in [7, 11) is 0. The van der Waals surface area contributed by atoms with Gasteiger partial charge in [-0.2, -0.15) is 18.3 Å². The number of halogens is 5. The first-order valence-electron chi connectivity index (χ1n) is 13.9. The van der Waals surface area contributed by atoms with Crippen LogP contribution in [0.15, 0.2) is 36.5 Å². The van der Waals surface area contributed by atoms with Crippen LogP contribution in [0.4, 0.5) is 22.0 Å². The molecular weight excluding hydrogens is 595 g/mol. The minimum atomic E-state index is -4.75. The second kappa shape index (κ2) is 9.29. The summed E-state index contributed by atoms with van der Waals surface area (Å²) in [5, 5.41) is 16.3. The van der Waals surface area contributed by atoms with Gasteiger partial charge in [-0.15, -0.1) is 8.78 Å². The molecule has 1 amide bonds. The monoisotopic (exact) mass is 620 g/mol. The molecule has 8 rings (SSSR count). The van der Waals surface area contributed by atoms with E-state index in [1.54, 1.807) is 6.92 Å². The van der Waals surface area contributed by atoms with Crippen molar-refractivity contribution in [1.82, 2.24) is 20.1 Å². The molecule has 232 valence electrons. The third-order valence-electron chi connectivity index (χ3n) is 8.97. The fourth-order valence-electron chi connectivity index (χ4n) is 6.88. The molecule has 0 saturated heterocycles. The molecule has 0 spiro atoms. The first-order valence-corrected chi connectivity index (χ1v) is 13.9. The molecule has 10 nitrogen and oxygen atoms in total. The molecule has 2 atom stereocenters. The van der Waals surface area contributed by atoms with Crippen LogP contribution in [-0.4, -0.2) is 38.0 Å². The number of carboxylic acids is 1. The Bertz CT molecular complexity index is 1690. The summed E-state index contributed by atoms with van der Waals surface area (Å²) >= 11 is 0. The number of ether oxygens (including phenoxy) is 3. The first-order chi connectivity index (χ1) is 20.7. The molecule has 0 unspecified atom stereocenters. The van der Waals surface area contributed by atoms with Crippen LogP contribution in [0, 0.1) is 10.8 Å². The zero-order chi connectivity index (χ0) is 31.2. The molecule has 3 saturated carbocycles. The maximum atomic E-state index is 14.1. The Kier molecular flexibility index (Phi) is 5.98. The van der Waals surface area contributed by atoms with E-state index < -0.39 is 47.1 Å². The van der Waals surface area contributed by atoms with Crippen molar-refractivity contribution in [3.8, 4) is 23.1 Å².